The molecule has 0 bridgehead atoms. The van der Waals surface area contributed by atoms with Crippen LogP contribution in [0.3, 0.4) is 0 Å². The normalized spacial score (nSPS) is 10.0. The first-order valence-corrected chi connectivity index (χ1v) is 4.34. The van der Waals surface area contributed by atoms with E-state index in [1.54, 1.807) is 6.92 Å². The molecule has 0 saturated carbocycles. The standard InChI is InChI=1S/C7H9Cl2N3/c1-3-10-5-6(8)11-4(2)12-7(5)9/h10H,3H2,1-2H3. The molecule has 1 N–H and O–H groups in total. The van der Waals surface area contributed by atoms with Gasteiger partial charge in [-0.05, 0) is 13.8 Å². The van der Waals surface area contributed by atoms with Gasteiger partial charge < -0.3 is 5.32 Å². The van der Waals surface area contributed by atoms with Gasteiger partial charge in [0.15, 0.2) is 10.3 Å². The number of hydrogen-bond acceptors (Lipinski definition) is 3. The molecule has 0 atom stereocenters. The van der Waals surface area contributed by atoms with Crippen LogP contribution in [-0.4, -0.2) is 16.5 Å². The summed E-state index contributed by atoms with van der Waals surface area (Å²) in [6, 6.07) is 0. The van der Waals surface area contributed by atoms with Gasteiger partial charge in [0.25, 0.3) is 0 Å². The number of hydrogen-bond donors (Lipinski definition) is 1. The van der Waals surface area contributed by atoms with E-state index in [1.165, 1.54) is 0 Å². The summed E-state index contributed by atoms with van der Waals surface area (Å²) in [6.07, 6.45) is 0. The van der Waals surface area contributed by atoms with Gasteiger partial charge in [0.1, 0.15) is 11.5 Å². The van der Waals surface area contributed by atoms with E-state index in [-0.39, 0.29) is 0 Å². The molecule has 0 unspecified atom stereocenters. The van der Waals surface area contributed by atoms with Gasteiger partial charge in [-0.15, -0.1) is 0 Å². The smallest absolute Gasteiger partial charge is 0.157 e. The fraction of sp³-hybridized carbons (Fsp3) is 0.429. The summed E-state index contributed by atoms with van der Waals surface area (Å²) in [5.74, 6) is 0.576. The number of halogens is 2. The van der Waals surface area contributed by atoms with Crippen LogP contribution in [0.25, 0.3) is 0 Å². The molecule has 5 heteroatoms. The first kappa shape index (κ1) is 9.55. The highest BCUT2D eigenvalue weighted by Crippen LogP contribution is 2.26. The van der Waals surface area contributed by atoms with Gasteiger partial charge in [0.2, 0.25) is 0 Å². The molecule has 0 aliphatic rings. The first-order valence-electron chi connectivity index (χ1n) is 3.58. The fourth-order valence-corrected chi connectivity index (χ4v) is 1.43. The first-order chi connectivity index (χ1) is 5.65. The van der Waals surface area contributed by atoms with Gasteiger partial charge in [-0.25, -0.2) is 9.97 Å². The molecule has 0 aliphatic carbocycles. The second kappa shape index (κ2) is 3.92. The zero-order chi connectivity index (χ0) is 9.14. The van der Waals surface area contributed by atoms with Crippen molar-refractivity contribution < 1.29 is 0 Å². The summed E-state index contributed by atoms with van der Waals surface area (Å²) in [6.45, 7) is 4.44. The van der Waals surface area contributed by atoms with E-state index in [0.717, 1.165) is 6.54 Å². The van der Waals surface area contributed by atoms with E-state index < -0.39 is 0 Å². The van der Waals surface area contributed by atoms with Crippen LogP contribution >= 0.6 is 23.2 Å². The van der Waals surface area contributed by atoms with Gasteiger partial charge in [0.05, 0.1) is 0 Å². The summed E-state index contributed by atoms with van der Waals surface area (Å²) in [5.41, 5.74) is 0.603. The van der Waals surface area contributed by atoms with Crippen molar-refractivity contribution in [1.29, 1.82) is 0 Å². The summed E-state index contributed by atoms with van der Waals surface area (Å²) in [7, 11) is 0. The summed E-state index contributed by atoms with van der Waals surface area (Å²) < 4.78 is 0. The Bertz CT molecular complexity index is 265. The summed E-state index contributed by atoms with van der Waals surface area (Å²) in [5, 5.41) is 3.72. The van der Waals surface area contributed by atoms with Crippen molar-refractivity contribution in [3.05, 3.63) is 16.1 Å². The van der Waals surface area contributed by atoms with Crippen molar-refractivity contribution in [2.75, 3.05) is 11.9 Å². The van der Waals surface area contributed by atoms with Gasteiger partial charge in [-0.3, -0.25) is 0 Å². The predicted octanol–water partition coefficient (Wildman–Crippen LogP) is 2.52. The molecular weight excluding hydrogens is 197 g/mol. The highest BCUT2D eigenvalue weighted by atomic mass is 35.5. The van der Waals surface area contributed by atoms with E-state index in [1.807, 2.05) is 6.92 Å². The molecule has 1 heterocycles. The van der Waals surface area contributed by atoms with Crippen LogP contribution in [0.5, 0.6) is 0 Å². The molecule has 0 radical (unpaired) electrons. The Hall–Kier alpha value is -0.540. The van der Waals surface area contributed by atoms with E-state index >= 15 is 0 Å². The molecule has 0 amide bonds. The number of aryl methyl sites for hydroxylation is 1. The van der Waals surface area contributed by atoms with Crippen LogP contribution in [-0.2, 0) is 0 Å². The van der Waals surface area contributed by atoms with Crippen LogP contribution in [0.1, 0.15) is 12.7 Å². The lowest BCUT2D eigenvalue weighted by atomic mass is 10.5. The Balaban J connectivity index is 3.10. The molecular formula is C7H9Cl2N3. The predicted molar refractivity (Wildman–Crippen MR) is 51.0 cm³/mol. The molecule has 1 aromatic heterocycles. The number of aromatic nitrogens is 2. The van der Waals surface area contributed by atoms with Crippen LogP contribution < -0.4 is 5.32 Å². The molecule has 0 saturated heterocycles. The Morgan fingerprint density at radius 1 is 1.25 bits per heavy atom. The Morgan fingerprint density at radius 3 is 2.17 bits per heavy atom. The molecule has 0 aliphatic heterocycles. The van der Waals surface area contributed by atoms with E-state index in [9.17, 15) is 0 Å². The summed E-state index contributed by atoms with van der Waals surface area (Å²) in [4.78, 5) is 7.92. The molecule has 1 rings (SSSR count). The minimum atomic E-state index is 0.370. The number of nitrogens with zero attached hydrogens (tertiary/aromatic N) is 2. The van der Waals surface area contributed by atoms with Gasteiger partial charge in [0, 0.05) is 6.54 Å². The number of anilines is 1. The number of rotatable bonds is 2. The highest BCUT2D eigenvalue weighted by Gasteiger charge is 2.07. The molecule has 0 aromatic carbocycles. The zero-order valence-corrected chi connectivity index (χ0v) is 8.37. The largest absolute Gasteiger partial charge is 0.380 e. The monoisotopic (exact) mass is 205 g/mol. The van der Waals surface area contributed by atoms with Crippen molar-refractivity contribution in [3.8, 4) is 0 Å². The van der Waals surface area contributed by atoms with Crippen LogP contribution in [0.15, 0.2) is 0 Å². The molecule has 0 spiro atoms. The highest BCUT2D eigenvalue weighted by molar-refractivity contribution is 6.37. The van der Waals surface area contributed by atoms with E-state index in [0.29, 0.717) is 21.8 Å². The maximum atomic E-state index is 5.82. The lowest BCUT2D eigenvalue weighted by molar-refractivity contribution is 1.04. The molecule has 3 nitrogen and oxygen atoms in total. The van der Waals surface area contributed by atoms with E-state index in [4.69, 9.17) is 23.2 Å². The van der Waals surface area contributed by atoms with Crippen LogP contribution in [0.4, 0.5) is 5.69 Å². The van der Waals surface area contributed by atoms with Crippen molar-refractivity contribution >= 4 is 28.9 Å². The minimum absolute atomic E-state index is 0.370. The topological polar surface area (TPSA) is 37.8 Å². The van der Waals surface area contributed by atoms with Crippen molar-refractivity contribution in [3.63, 3.8) is 0 Å². The quantitative estimate of drug-likeness (QED) is 0.755. The third-order valence-electron chi connectivity index (χ3n) is 1.29. The second-order valence-electron chi connectivity index (χ2n) is 2.26. The Kier molecular flexibility index (Phi) is 3.12. The average molecular weight is 206 g/mol. The number of nitrogens with one attached hydrogen (secondary N) is 1. The van der Waals surface area contributed by atoms with Gasteiger partial charge in [-0.1, -0.05) is 23.2 Å². The second-order valence-corrected chi connectivity index (χ2v) is 2.97. The minimum Gasteiger partial charge on any atom is -0.380 e. The van der Waals surface area contributed by atoms with Crippen LogP contribution in [0.2, 0.25) is 10.3 Å². The SMILES string of the molecule is CCNc1c(Cl)nc(C)nc1Cl. The Morgan fingerprint density at radius 2 is 1.75 bits per heavy atom. The fourth-order valence-electron chi connectivity index (χ4n) is 0.829. The molecule has 12 heavy (non-hydrogen) atoms. The molecule has 66 valence electrons. The average Bonchev–Trinajstić information content (AvgIpc) is 1.96. The van der Waals surface area contributed by atoms with Gasteiger partial charge in [-0.2, -0.15) is 0 Å². The summed E-state index contributed by atoms with van der Waals surface area (Å²) >= 11 is 11.6. The lowest BCUT2D eigenvalue weighted by Gasteiger charge is -2.06. The zero-order valence-electron chi connectivity index (χ0n) is 6.86. The Labute approximate surface area is 81.1 Å². The van der Waals surface area contributed by atoms with Gasteiger partial charge >= 0.3 is 0 Å². The third kappa shape index (κ3) is 1.99. The molecule has 1 aromatic rings. The maximum absolute atomic E-state index is 5.82. The molecule has 0 fully saturated rings. The van der Waals surface area contributed by atoms with Crippen molar-refractivity contribution in [2.45, 2.75) is 13.8 Å². The lowest BCUT2D eigenvalue weighted by Crippen LogP contribution is -2.02. The van der Waals surface area contributed by atoms with Crippen molar-refractivity contribution in [2.24, 2.45) is 0 Å². The van der Waals surface area contributed by atoms with Crippen molar-refractivity contribution in [1.82, 2.24) is 9.97 Å². The van der Waals surface area contributed by atoms with E-state index in [2.05, 4.69) is 15.3 Å². The third-order valence-corrected chi connectivity index (χ3v) is 1.83. The van der Waals surface area contributed by atoms with Crippen LogP contribution in [0, 0.1) is 6.92 Å². The maximum Gasteiger partial charge on any atom is 0.157 e.